The van der Waals surface area contributed by atoms with Crippen molar-refractivity contribution >= 4 is 38.4 Å². The topological polar surface area (TPSA) is 53.5 Å². The van der Waals surface area contributed by atoms with Crippen LogP contribution in [0.3, 0.4) is 0 Å². The van der Waals surface area contributed by atoms with Gasteiger partial charge in [-0.1, -0.05) is 12.1 Å². The van der Waals surface area contributed by atoms with Crippen molar-refractivity contribution in [1.29, 1.82) is 0 Å². The molecule has 148 valence electrons. The second kappa shape index (κ2) is 7.59. The average molecular weight is 434 g/mol. The lowest BCUT2D eigenvalue weighted by Gasteiger charge is -2.40. The maximum atomic E-state index is 13.2. The number of sulfonamides is 1. The minimum Gasteiger partial charge on any atom is -0.366 e. The quantitative estimate of drug-likeness (QED) is 0.612. The summed E-state index contributed by atoms with van der Waals surface area (Å²) >= 11 is 2.82. The minimum atomic E-state index is -3.49. The summed E-state index contributed by atoms with van der Waals surface area (Å²) in [7, 11) is -3.49. The summed E-state index contributed by atoms with van der Waals surface area (Å²) < 4.78 is 28.4. The molecule has 3 aromatic rings. The van der Waals surface area contributed by atoms with Gasteiger partial charge < -0.3 is 4.90 Å². The summed E-state index contributed by atoms with van der Waals surface area (Å²) in [5.41, 5.74) is 4.20. The molecule has 0 saturated carbocycles. The van der Waals surface area contributed by atoms with E-state index in [1.54, 1.807) is 21.7 Å². The van der Waals surface area contributed by atoms with Gasteiger partial charge in [0.05, 0.1) is 0 Å². The summed E-state index contributed by atoms with van der Waals surface area (Å²) in [6.07, 6.45) is 0. The zero-order valence-corrected chi connectivity index (χ0v) is 18.6. The van der Waals surface area contributed by atoms with Gasteiger partial charge in [-0.3, -0.25) is 0 Å². The molecule has 0 unspecified atom stereocenters. The molecule has 2 aromatic heterocycles. The fraction of sp³-hybridized carbons (Fsp3) is 0.350. The highest BCUT2D eigenvalue weighted by atomic mass is 32.2. The van der Waals surface area contributed by atoms with E-state index in [4.69, 9.17) is 0 Å². The Morgan fingerprint density at radius 3 is 2.61 bits per heavy atom. The molecule has 0 aliphatic carbocycles. The van der Waals surface area contributed by atoms with Crippen molar-refractivity contribution in [3.05, 3.63) is 52.3 Å². The first-order valence-electron chi connectivity index (χ1n) is 9.19. The lowest BCUT2D eigenvalue weighted by atomic mass is 10.1. The maximum absolute atomic E-state index is 13.2. The van der Waals surface area contributed by atoms with E-state index in [-0.39, 0.29) is 6.04 Å². The largest absolute Gasteiger partial charge is 0.366 e. The third-order valence-corrected chi connectivity index (χ3v) is 9.25. The van der Waals surface area contributed by atoms with Gasteiger partial charge in [0.1, 0.15) is 9.22 Å². The van der Waals surface area contributed by atoms with Crippen LogP contribution in [-0.4, -0.2) is 43.4 Å². The minimum absolute atomic E-state index is 0.117. The summed E-state index contributed by atoms with van der Waals surface area (Å²) in [6.45, 7) is 7.77. The molecule has 1 aliphatic rings. The van der Waals surface area contributed by atoms with Gasteiger partial charge in [-0.25, -0.2) is 13.4 Å². The predicted molar refractivity (Wildman–Crippen MR) is 117 cm³/mol. The molecule has 0 N–H and O–H groups in total. The van der Waals surface area contributed by atoms with Gasteiger partial charge in [-0.05, 0) is 44.5 Å². The summed E-state index contributed by atoms with van der Waals surface area (Å²) in [5, 5.41) is 4.73. The van der Waals surface area contributed by atoms with E-state index in [1.807, 2.05) is 23.8 Å². The Bertz CT molecular complexity index is 1090. The van der Waals surface area contributed by atoms with Gasteiger partial charge in [0.15, 0.2) is 0 Å². The van der Waals surface area contributed by atoms with Crippen molar-refractivity contribution in [2.45, 2.75) is 31.0 Å². The normalized spacial score (nSPS) is 18.5. The van der Waals surface area contributed by atoms with Gasteiger partial charge >= 0.3 is 0 Å². The van der Waals surface area contributed by atoms with Crippen molar-refractivity contribution in [3.63, 3.8) is 0 Å². The Morgan fingerprint density at radius 1 is 1.11 bits per heavy atom. The molecule has 1 saturated heterocycles. The van der Waals surface area contributed by atoms with Crippen LogP contribution in [0.2, 0.25) is 0 Å². The third kappa shape index (κ3) is 3.74. The number of piperazine rings is 1. The number of aromatic nitrogens is 1. The number of anilines is 1. The number of nitrogens with zero attached hydrogens (tertiary/aromatic N) is 3. The molecule has 1 atom stereocenters. The van der Waals surface area contributed by atoms with Crippen LogP contribution in [-0.2, 0) is 10.0 Å². The van der Waals surface area contributed by atoms with Gasteiger partial charge in [-0.15, -0.1) is 22.7 Å². The molecular formula is C20H23N3O2S3. The first-order valence-corrected chi connectivity index (χ1v) is 12.4. The third-order valence-electron chi connectivity index (χ3n) is 4.96. The molecule has 0 radical (unpaired) electrons. The van der Waals surface area contributed by atoms with Crippen LogP contribution >= 0.6 is 22.7 Å². The number of rotatable bonds is 4. The Morgan fingerprint density at radius 2 is 1.93 bits per heavy atom. The summed E-state index contributed by atoms with van der Waals surface area (Å²) in [6, 6.07) is 10.3. The first-order chi connectivity index (χ1) is 13.3. The van der Waals surface area contributed by atoms with Crippen LogP contribution in [0.5, 0.6) is 0 Å². The first kappa shape index (κ1) is 19.6. The molecule has 28 heavy (non-hydrogen) atoms. The molecule has 3 heterocycles. The fourth-order valence-electron chi connectivity index (χ4n) is 3.51. The predicted octanol–water partition coefficient (Wildman–Crippen LogP) is 4.39. The molecule has 1 aliphatic heterocycles. The van der Waals surface area contributed by atoms with E-state index in [2.05, 4.69) is 41.9 Å². The standard InChI is InChI=1S/C20H23N3O2S3/c1-14-5-4-6-18(9-14)23-8-7-22(11-16(23)3)28(24,25)19-10-17(13-26-19)20-21-15(2)12-27-20/h4-6,9-10,12-13,16H,7-8,11H2,1-3H3/t16-/m1/s1. The highest BCUT2D eigenvalue weighted by molar-refractivity contribution is 7.91. The number of benzene rings is 1. The van der Waals surface area contributed by atoms with Crippen molar-refractivity contribution < 1.29 is 8.42 Å². The Balaban J connectivity index is 1.52. The Labute approximate surface area is 174 Å². The molecule has 0 spiro atoms. The molecule has 4 rings (SSSR count). The van der Waals surface area contributed by atoms with Crippen LogP contribution in [0.15, 0.2) is 45.3 Å². The smallest absolute Gasteiger partial charge is 0.252 e. The number of thiophene rings is 1. The van der Waals surface area contributed by atoms with Gasteiger partial charge in [0.25, 0.3) is 10.0 Å². The summed E-state index contributed by atoms with van der Waals surface area (Å²) in [5.74, 6) is 0. The lowest BCUT2D eigenvalue weighted by Crippen LogP contribution is -2.53. The molecule has 1 aromatic carbocycles. The van der Waals surface area contributed by atoms with Crippen LogP contribution in [0.25, 0.3) is 10.6 Å². The van der Waals surface area contributed by atoms with Gasteiger partial charge in [-0.2, -0.15) is 4.31 Å². The maximum Gasteiger partial charge on any atom is 0.252 e. The Kier molecular flexibility index (Phi) is 5.30. The van der Waals surface area contributed by atoms with E-state index in [0.29, 0.717) is 23.8 Å². The Hall–Kier alpha value is -1.74. The highest BCUT2D eigenvalue weighted by Gasteiger charge is 2.33. The average Bonchev–Trinajstić information content (AvgIpc) is 3.31. The lowest BCUT2D eigenvalue weighted by molar-refractivity contribution is 0.343. The molecule has 0 bridgehead atoms. The molecule has 8 heteroatoms. The zero-order chi connectivity index (χ0) is 19.9. The number of hydrogen-bond donors (Lipinski definition) is 0. The second-order valence-electron chi connectivity index (χ2n) is 7.19. The second-order valence-corrected chi connectivity index (χ2v) is 11.1. The van der Waals surface area contributed by atoms with E-state index in [9.17, 15) is 8.42 Å². The van der Waals surface area contributed by atoms with E-state index in [1.165, 1.54) is 16.9 Å². The fourth-order valence-corrected chi connectivity index (χ4v) is 7.20. The number of thiazole rings is 1. The number of hydrogen-bond acceptors (Lipinski definition) is 6. The monoisotopic (exact) mass is 433 g/mol. The van der Waals surface area contributed by atoms with Crippen LogP contribution in [0, 0.1) is 13.8 Å². The molecule has 5 nitrogen and oxygen atoms in total. The van der Waals surface area contributed by atoms with Crippen LogP contribution < -0.4 is 4.90 Å². The van der Waals surface area contributed by atoms with Crippen LogP contribution in [0.1, 0.15) is 18.2 Å². The molecule has 1 fully saturated rings. The van der Waals surface area contributed by atoms with Gasteiger partial charge in [0.2, 0.25) is 0 Å². The van der Waals surface area contributed by atoms with E-state index in [0.717, 1.165) is 22.0 Å². The SMILES string of the molecule is Cc1cccc(N2CCN(S(=O)(=O)c3cc(-c4nc(C)cs4)cs3)C[C@H]2C)c1. The van der Waals surface area contributed by atoms with Crippen molar-refractivity contribution in [2.75, 3.05) is 24.5 Å². The van der Waals surface area contributed by atoms with E-state index < -0.39 is 10.0 Å². The van der Waals surface area contributed by atoms with Crippen molar-refractivity contribution in [2.24, 2.45) is 0 Å². The highest BCUT2D eigenvalue weighted by Crippen LogP contribution is 2.33. The number of aryl methyl sites for hydroxylation is 2. The van der Waals surface area contributed by atoms with Crippen LogP contribution in [0.4, 0.5) is 5.69 Å². The van der Waals surface area contributed by atoms with Gasteiger partial charge in [0, 0.05) is 53.4 Å². The molecule has 0 amide bonds. The molecular weight excluding hydrogens is 410 g/mol. The van der Waals surface area contributed by atoms with Crippen molar-refractivity contribution in [3.8, 4) is 10.6 Å². The summed E-state index contributed by atoms with van der Waals surface area (Å²) in [4.78, 5) is 6.75. The van der Waals surface area contributed by atoms with Crippen molar-refractivity contribution in [1.82, 2.24) is 9.29 Å². The van der Waals surface area contributed by atoms with E-state index >= 15 is 0 Å². The zero-order valence-electron chi connectivity index (χ0n) is 16.1.